The summed E-state index contributed by atoms with van der Waals surface area (Å²) >= 11 is 0. The Morgan fingerprint density at radius 3 is 1.17 bits per heavy atom. The van der Waals surface area contributed by atoms with Crippen molar-refractivity contribution >= 4 is 57.4 Å². The maximum Gasteiger partial charge on any atom is 0 e. The zero-order chi connectivity index (χ0) is 8.31. The third-order valence-corrected chi connectivity index (χ3v) is 0.805. The van der Waals surface area contributed by atoms with Crippen LogP contribution in [0.15, 0.2) is 0 Å². The zero-order valence-electron chi connectivity index (χ0n) is 5.26. The summed E-state index contributed by atoms with van der Waals surface area (Å²) in [6, 6.07) is 0. The van der Waals surface area contributed by atoms with Crippen molar-refractivity contribution in [2.75, 3.05) is 0 Å². The second-order valence-electron chi connectivity index (χ2n) is 1.57. The topological polar surface area (TPSA) is 115 Å². The van der Waals surface area contributed by atoms with Gasteiger partial charge in [0.1, 0.15) is 0 Å². The van der Waals surface area contributed by atoms with Gasteiger partial charge in [0, 0.05) is 21.7 Å². The Bertz CT molecular complexity index is 144. The van der Waals surface area contributed by atoms with Crippen LogP contribution in [0.2, 0.25) is 0 Å². The number of carboxylic acids is 2. The molecule has 6 nitrogen and oxygen atoms in total. The van der Waals surface area contributed by atoms with Crippen LogP contribution < -0.4 is 0 Å². The molecule has 66 valence electrons. The van der Waals surface area contributed by atoms with Gasteiger partial charge in [-0.3, -0.25) is 0 Å². The normalized spacial score (nSPS) is 13.2. The van der Waals surface area contributed by atoms with Gasteiger partial charge in [0.15, 0.2) is 12.2 Å². The summed E-state index contributed by atoms with van der Waals surface area (Å²) in [4.78, 5) is 19.5. The predicted octanol–water partition coefficient (Wildman–Crippen LogP) is -3.04. The van der Waals surface area contributed by atoms with E-state index in [9.17, 15) is 9.59 Å². The van der Waals surface area contributed by atoms with E-state index in [1.165, 1.54) is 0 Å². The SMILES string of the molecule is O=C(O)C(O)C(O)C(=O)O.[SrH2].[Ti]. The number of carboxylic acid groups (broad SMARTS) is 2. The van der Waals surface area contributed by atoms with E-state index in [1.807, 2.05) is 0 Å². The van der Waals surface area contributed by atoms with Crippen molar-refractivity contribution in [3.05, 3.63) is 0 Å². The van der Waals surface area contributed by atoms with Crippen LogP contribution in [0.4, 0.5) is 0 Å². The number of aliphatic hydroxyl groups is 2. The third kappa shape index (κ3) is 6.56. The first-order valence-corrected chi connectivity index (χ1v) is 2.28. The van der Waals surface area contributed by atoms with Gasteiger partial charge in [-0.25, -0.2) is 9.59 Å². The van der Waals surface area contributed by atoms with Gasteiger partial charge < -0.3 is 20.4 Å². The zero-order valence-corrected chi connectivity index (χ0v) is 6.82. The van der Waals surface area contributed by atoms with Gasteiger partial charge in [0.25, 0.3) is 0 Å². The second-order valence-corrected chi connectivity index (χ2v) is 1.57. The monoisotopic (exact) mass is 288 g/mol. The Labute approximate surface area is 120 Å². The summed E-state index contributed by atoms with van der Waals surface area (Å²) in [5.74, 6) is -3.54. The molecule has 0 amide bonds. The fourth-order valence-electron chi connectivity index (χ4n) is 0.270. The molecule has 0 rings (SSSR count). The van der Waals surface area contributed by atoms with Crippen LogP contribution in [0, 0.1) is 0 Å². The van der Waals surface area contributed by atoms with Gasteiger partial charge in [0.2, 0.25) is 0 Å². The fourth-order valence-corrected chi connectivity index (χ4v) is 0.270. The Morgan fingerprint density at radius 2 is 1.08 bits per heavy atom. The Balaban J connectivity index is -0.000000405. The molecule has 0 aliphatic heterocycles. The van der Waals surface area contributed by atoms with Crippen LogP contribution in [0.25, 0.3) is 0 Å². The summed E-state index contributed by atoms with van der Waals surface area (Å²) in [5, 5.41) is 32.5. The summed E-state index contributed by atoms with van der Waals surface area (Å²) in [5.41, 5.74) is 0. The molecule has 0 spiro atoms. The number of aliphatic carboxylic acids is 2. The minimum atomic E-state index is -2.27. The van der Waals surface area contributed by atoms with Gasteiger partial charge in [0.05, 0.1) is 0 Å². The molecule has 0 aromatic heterocycles. The van der Waals surface area contributed by atoms with Crippen molar-refractivity contribution in [2.45, 2.75) is 12.2 Å². The number of aliphatic hydroxyl groups excluding tert-OH is 2. The fraction of sp³-hybridized carbons (Fsp3) is 0.500. The molecule has 0 aliphatic carbocycles. The molecule has 0 radical (unpaired) electrons. The van der Waals surface area contributed by atoms with Crippen molar-refractivity contribution in [2.24, 2.45) is 0 Å². The Hall–Kier alpha value is 1.05. The van der Waals surface area contributed by atoms with Crippen molar-refractivity contribution in [1.29, 1.82) is 0 Å². The van der Waals surface area contributed by atoms with Crippen LogP contribution in [-0.2, 0) is 31.3 Å². The van der Waals surface area contributed by atoms with Crippen molar-refractivity contribution < 1.29 is 51.7 Å². The largest absolute Gasteiger partial charge is 0 e. The van der Waals surface area contributed by atoms with Crippen LogP contribution in [-0.4, -0.2) is 90.1 Å². The molecule has 0 saturated carbocycles. The standard InChI is InChI=1S/C4H6O6.Sr.Ti.2H/c5-1(3(7)8)2(6)4(9)10;;;;/h1-2,5-6H,(H,7,8)(H,9,10);;;;. The third-order valence-electron chi connectivity index (χ3n) is 0.805. The number of hydrogen-bond acceptors (Lipinski definition) is 4. The van der Waals surface area contributed by atoms with E-state index < -0.39 is 24.1 Å². The Kier molecular flexibility index (Phi) is 13.5. The average molecular weight is 288 g/mol. The van der Waals surface area contributed by atoms with E-state index in [-0.39, 0.29) is 67.2 Å². The summed E-state index contributed by atoms with van der Waals surface area (Å²) < 4.78 is 0. The molecular formula is C4H8O6SrTi. The minimum absolute atomic E-state index is 0. The van der Waals surface area contributed by atoms with Crippen molar-refractivity contribution in [3.8, 4) is 0 Å². The summed E-state index contributed by atoms with van der Waals surface area (Å²) in [6.07, 6.45) is -4.53. The molecule has 0 bridgehead atoms. The molecule has 0 aromatic rings. The van der Waals surface area contributed by atoms with Gasteiger partial charge in [-0.15, -0.1) is 0 Å². The van der Waals surface area contributed by atoms with Crippen molar-refractivity contribution in [3.63, 3.8) is 0 Å². The maximum atomic E-state index is 9.77. The van der Waals surface area contributed by atoms with E-state index in [2.05, 4.69) is 0 Å². The van der Waals surface area contributed by atoms with Crippen LogP contribution >= 0.6 is 0 Å². The first kappa shape index (κ1) is 18.8. The molecule has 8 heteroatoms. The molecular weight excluding hydrogens is 280 g/mol. The van der Waals surface area contributed by atoms with E-state index in [4.69, 9.17) is 20.4 Å². The molecule has 0 aromatic carbocycles. The molecule has 0 aliphatic rings. The maximum absolute atomic E-state index is 9.77. The number of hydrogen-bond donors (Lipinski definition) is 4. The molecule has 2 unspecified atom stereocenters. The van der Waals surface area contributed by atoms with Crippen molar-refractivity contribution in [1.82, 2.24) is 0 Å². The molecule has 12 heavy (non-hydrogen) atoms. The first-order valence-electron chi connectivity index (χ1n) is 2.28. The average Bonchev–Trinajstić information content (AvgIpc) is 1.84. The Morgan fingerprint density at radius 1 is 0.917 bits per heavy atom. The summed E-state index contributed by atoms with van der Waals surface area (Å²) in [6.45, 7) is 0. The molecule has 4 N–H and O–H groups in total. The predicted molar refractivity (Wildman–Crippen MR) is 35.8 cm³/mol. The van der Waals surface area contributed by atoms with E-state index in [1.54, 1.807) is 0 Å². The van der Waals surface area contributed by atoms with Gasteiger partial charge in [-0.1, -0.05) is 0 Å². The number of carbonyl (C=O) groups is 2. The van der Waals surface area contributed by atoms with Crippen LogP contribution in [0.5, 0.6) is 0 Å². The smallest absolute Gasteiger partial charge is 0 e. The van der Waals surface area contributed by atoms with Gasteiger partial charge in [-0.2, -0.15) is 0 Å². The quantitative estimate of drug-likeness (QED) is 0.410. The van der Waals surface area contributed by atoms with Gasteiger partial charge >= 0.3 is 57.4 Å². The second kappa shape index (κ2) is 8.64. The first-order chi connectivity index (χ1) is 4.46. The summed E-state index contributed by atoms with van der Waals surface area (Å²) in [7, 11) is 0. The van der Waals surface area contributed by atoms with Gasteiger partial charge in [-0.05, 0) is 0 Å². The molecule has 0 fully saturated rings. The van der Waals surface area contributed by atoms with E-state index in [0.29, 0.717) is 0 Å². The number of rotatable bonds is 3. The molecule has 0 heterocycles. The molecule has 2 atom stereocenters. The van der Waals surface area contributed by atoms with Crippen LogP contribution in [0.3, 0.4) is 0 Å². The van der Waals surface area contributed by atoms with E-state index >= 15 is 0 Å². The minimum Gasteiger partial charge on any atom is 0 e. The van der Waals surface area contributed by atoms with Crippen LogP contribution in [0.1, 0.15) is 0 Å². The van der Waals surface area contributed by atoms with E-state index in [0.717, 1.165) is 0 Å². The molecule has 0 saturated heterocycles.